The van der Waals surface area contributed by atoms with Crippen molar-refractivity contribution in [1.82, 2.24) is 4.90 Å². The number of benzene rings is 1. The average molecular weight is 344 g/mol. The molecular weight excluding hydrogens is 330 g/mol. The number of rotatable bonds is 5. The van der Waals surface area contributed by atoms with Crippen LogP contribution in [0.5, 0.6) is 0 Å². The molecular formula is C12H14BrN3O4. The summed E-state index contributed by atoms with van der Waals surface area (Å²) < 4.78 is 0.431. The van der Waals surface area contributed by atoms with Crippen LogP contribution < -0.4 is 11.1 Å². The van der Waals surface area contributed by atoms with Gasteiger partial charge in [0.05, 0.1) is 11.3 Å². The van der Waals surface area contributed by atoms with Crippen molar-refractivity contribution in [3.8, 4) is 0 Å². The van der Waals surface area contributed by atoms with E-state index >= 15 is 0 Å². The van der Waals surface area contributed by atoms with Gasteiger partial charge >= 0.3 is 12.0 Å². The number of nitrogens with one attached hydrogen (secondary N) is 1. The van der Waals surface area contributed by atoms with Gasteiger partial charge < -0.3 is 21.1 Å². The van der Waals surface area contributed by atoms with Crippen molar-refractivity contribution in [2.24, 2.45) is 5.73 Å². The number of aromatic carboxylic acids is 1. The van der Waals surface area contributed by atoms with E-state index < -0.39 is 17.9 Å². The molecule has 0 aliphatic heterocycles. The SMILES string of the molecule is CCN(CC(N)=O)C(=O)Nc1c(Br)cccc1C(=O)O. The van der Waals surface area contributed by atoms with E-state index in [1.165, 1.54) is 11.0 Å². The maximum atomic E-state index is 12.0. The number of likely N-dealkylation sites (N-methyl/N-ethyl adjacent to an activating group) is 1. The first-order valence-corrected chi connectivity index (χ1v) is 6.52. The number of hydrogen-bond acceptors (Lipinski definition) is 3. The Labute approximate surface area is 123 Å². The Balaban J connectivity index is 3.00. The van der Waals surface area contributed by atoms with Gasteiger partial charge in [-0.25, -0.2) is 9.59 Å². The number of hydrogen-bond donors (Lipinski definition) is 3. The van der Waals surface area contributed by atoms with Gasteiger partial charge in [0.1, 0.15) is 6.54 Å². The minimum absolute atomic E-state index is 0.0529. The quantitative estimate of drug-likeness (QED) is 0.751. The first kappa shape index (κ1) is 16.0. The highest BCUT2D eigenvalue weighted by molar-refractivity contribution is 9.10. The van der Waals surface area contributed by atoms with Gasteiger partial charge in [-0.15, -0.1) is 0 Å². The van der Waals surface area contributed by atoms with Gasteiger partial charge in [-0.1, -0.05) is 6.07 Å². The Morgan fingerprint density at radius 2 is 2.05 bits per heavy atom. The fourth-order valence-corrected chi connectivity index (χ4v) is 2.00. The monoisotopic (exact) mass is 343 g/mol. The first-order valence-electron chi connectivity index (χ1n) is 5.72. The van der Waals surface area contributed by atoms with Gasteiger partial charge in [0, 0.05) is 11.0 Å². The van der Waals surface area contributed by atoms with Gasteiger partial charge in [-0.3, -0.25) is 4.79 Å². The predicted octanol–water partition coefficient (Wildman–Crippen LogP) is 1.49. The van der Waals surface area contributed by atoms with E-state index in [9.17, 15) is 14.4 Å². The van der Waals surface area contributed by atoms with Crippen LogP contribution in [-0.4, -0.2) is 41.0 Å². The van der Waals surface area contributed by atoms with Crippen LogP contribution in [0.3, 0.4) is 0 Å². The third-order valence-corrected chi connectivity index (χ3v) is 3.15. The zero-order chi connectivity index (χ0) is 15.3. The summed E-state index contributed by atoms with van der Waals surface area (Å²) in [4.78, 5) is 35.2. The third kappa shape index (κ3) is 3.95. The molecule has 0 aliphatic carbocycles. The number of carbonyl (C=O) groups is 3. The molecule has 108 valence electrons. The molecule has 0 unspecified atom stereocenters. The van der Waals surface area contributed by atoms with Crippen molar-refractivity contribution in [3.63, 3.8) is 0 Å². The molecule has 8 heteroatoms. The van der Waals surface area contributed by atoms with Gasteiger partial charge in [0.25, 0.3) is 0 Å². The molecule has 1 aromatic rings. The molecule has 0 atom stereocenters. The Morgan fingerprint density at radius 3 is 2.55 bits per heavy atom. The molecule has 0 heterocycles. The number of amides is 3. The Morgan fingerprint density at radius 1 is 1.40 bits per heavy atom. The van der Waals surface area contributed by atoms with E-state index in [-0.39, 0.29) is 24.3 Å². The Hall–Kier alpha value is -2.09. The lowest BCUT2D eigenvalue weighted by Gasteiger charge is -2.20. The second kappa shape index (κ2) is 6.90. The molecule has 0 aromatic heterocycles. The smallest absolute Gasteiger partial charge is 0.337 e. The predicted molar refractivity (Wildman–Crippen MR) is 76.6 cm³/mol. The number of carboxylic acids is 1. The van der Waals surface area contributed by atoms with Crippen LogP contribution in [0.1, 0.15) is 17.3 Å². The molecule has 1 rings (SSSR count). The minimum atomic E-state index is -1.17. The number of halogens is 1. The highest BCUT2D eigenvalue weighted by atomic mass is 79.9. The summed E-state index contributed by atoms with van der Waals surface area (Å²) in [7, 11) is 0. The van der Waals surface area contributed by atoms with Gasteiger partial charge in [0.2, 0.25) is 5.91 Å². The summed E-state index contributed by atoms with van der Waals surface area (Å²) in [5, 5.41) is 11.6. The van der Waals surface area contributed by atoms with Crippen LogP contribution in [-0.2, 0) is 4.79 Å². The van der Waals surface area contributed by atoms with E-state index in [1.807, 2.05) is 0 Å². The zero-order valence-electron chi connectivity index (χ0n) is 10.7. The molecule has 20 heavy (non-hydrogen) atoms. The van der Waals surface area contributed by atoms with E-state index in [4.69, 9.17) is 10.8 Å². The molecule has 4 N–H and O–H groups in total. The van der Waals surface area contributed by atoms with Gasteiger partial charge in [-0.05, 0) is 35.0 Å². The van der Waals surface area contributed by atoms with Crippen LogP contribution in [0, 0.1) is 0 Å². The molecule has 0 bridgehead atoms. The molecule has 0 saturated heterocycles. The lowest BCUT2D eigenvalue weighted by atomic mass is 10.2. The summed E-state index contributed by atoms with van der Waals surface area (Å²) >= 11 is 3.18. The van der Waals surface area contributed by atoms with Crippen molar-refractivity contribution in [3.05, 3.63) is 28.2 Å². The van der Waals surface area contributed by atoms with Crippen LogP contribution in [0.15, 0.2) is 22.7 Å². The number of urea groups is 1. The van der Waals surface area contributed by atoms with Crippen LogP contribution in [0.25, 0.3) is 0 Å². The molecule has 0 saturated carbocycles. The topological polar surface area (TPSA) is 113 Å². The molecule has 0 aliphatic rings. The van der Waals surface area contributed by atoms with Gasteiger partial charge in [-0.2, -0.15) is 0 Å². The number of nitrogens with zero attached hydrogens (tertiary/aromatic N) is 1. The van der Waals surface area contributed by atoms with Crippen molar-refractivity contribution in [2.75, 3.05) is 18.4 Å². The number of carboxylic acid groups (broad SMARTS) is 1. The summed E-state index contributed by atoms with van der Waals surface area (Å²) in [6.07, 6.45) is 0. The molecule has 7 nitrogen and oxygen atoms in total. The van der Waals surface area contributed by atoms with Gasteiger partial charge in [0.15, 0.2) is 0 Å². The Kier molecular flexibility index (Phi) is 5.51. The summed E-state index contributed by atoms with van der Waals surface area (Å²) in [5.74, 6) is -1.81. The lowest BCUT2D eigenvalue weighted by Crippen LogP contribution is -2.41. The maximum absolute atomic E-state index is 12.0. The van der Waals surface area contributed by atoms with E-state index in [2.05, 4.69) is 21.2 Å². The highest BCUT2D eigenvalue weighted by Gasteiger charge is 2.19. The molecule has 0 fully saturated rings. The van der Waals surface area contributed by atoms with Crippen molar-refractivity contribution in [1.29, 1.82) is 0 Å². The third-order valence-electron chi connectivity index (χ3n) is 2.49. The fraction of sp³-hybridized carbons (Fsp3) is 0.250. The fourth-order valence-electron chi connectivity index (χ4n) is 1.53. The maximum Gasteiger partial charge on any atom is 0.337 e. The normalized spacial score (nSPS) is 9.90. The Bertz CT molecular complexity index is 548. The van der Waals surface area contributed by atoms with E-state index in [0.29, 0.717) is 4.47 Å². The van der Waals surface area contributed by atoms with E-state index in [0.717, 1.165) is 0 Å². The van der Waals surface area contributed by atoms with E-state index in [1.54, 1.807) is 19.1 Å². The highest BCUT2D eigenvalue weighted by Crippen LogP contribution is 2.26. The lowest BCUT2D eigenvalue weighted by molar-refractivity contribution is -0.118. The molecule has 0 radical (unpaired) electrons. The first-order chi connectivity index (χ1) is 9.36. The largest absolute Gasteiger partial charge is 0.478 e. The second-order valence-electron chi connectivity index (χ2n) is 3.88. The summed E-state index contributed by atoms with van der Waals surface area (Å²) in [5.41, 5.74) is 5.12. The van der Waals surface area contributed by atoms with Crippen LogP contribution in [0.4, 0.5) is 10.5 Å². The summed E-state index contributed by atoms with van der Waals surface area (Å²) in [6, 6.07) is 3.92. The van der Waals surface area contributed by atoms with Crippen LogP contribution >= 0.6 is 15.9 Å². The standard InChI is InChI=1S/C12H14BrN3O4/c1-2-16(6-9(14)17)12(20)15-10-7(11(18)19)4-3-5-8(10)13/h3-5H,2,6H2,1H3,(H2,14,17)(H,15,20)(H,18,19). The van der Waals surface area contributed by atoms with Crippen LogP contribution in [0.2, 0.25) is 0 Å². The second-order valence-corrected chi connectivity index (χ2v) is 4.73. The average Bonchev–Trinajstić information content (AvgIpc) is 2.37. The number of nitrogens with two attached hydrogens (primary N) is 1. The van der Waals surface area contributed by atoms with Crippen molar-refractivity contribution < 1.29 is 19.5 Å². The number of primary amides is 1. The van der Waals surface area contributed by atoms with Crippen molar-refractivity contribution in [2.45, 2.75) is 6.92 Å². The summed E-state index contributed by atoms with van der Waals surface area (Å²) in [6.45, 7) is 1.71. The number of anilines is 1. The molecule has 1 aromatic carbocycles. The number of para-hydroxylation sites is 1. The molecule has 0 spiro atoms. The minimum Gasteiger partial charge on any atom is -0.478 e. The van der Waals surface area contributed by atoms with Crippen molar-refractivity contribution >= 4 is 39.5 Å². The number of carbonyl (C=O) groups excluding carboxylic acids is 2. The zero-order valence-corrected chi connectivity index (χ0v) is 12.3. The molecule has 3 amide bonds.